The summed E-state index contributed by atoms with van der Waals surface area (Å²) in [5, 5.41) is 10.0. The van der Waals surface area contributed by atoms with Gasteiger partial charge in [-0.15, -0.1) is 0 Å². The van der Waals surface area contributed by atoms with Gasteiger partial charge in [0.15, 0.2) is 0 Å². The standard InChI is InChI=1S/C10H19BrO3/c1-5-14-9(12)8(11)10(4,13)6-7(2)3/h7-8,13H,5-6H2,1-4H3/t8-,10-/m0/s1. The zero-order valence-electron chi connectivity index (χ0n) is 9.21. The molecule has 0 amide bonds. The molecule has 0 aliphatic heterocycles. The average Bonchev–Trinajstić information content (AvgIpc) is 2.01. The monoisotopic (exact) mass is 266 g/mol. The van der Waals surface area contributed by atoms with Gasteiger partial charge in [0.1, 0.15) is 4.83 Å². The molecule has 0 aromatic rings. The average molecular weight is 267 g/mol. The van der Waals surface area contributed by atoms with Crippen LogP contribution in [0, 0.1) is 5.92 Å². The van der Waals surface area contributed by atoms with E-state index in [1.54, 1.807) is 13.8 Å². The summed E-state index contributed by atoms with van der Waals surface area (Å²) in [7, 11) is 0. The van der Waals surface area contributed by atoms with Gasteiger partial charge in [-0.25, -0.2) is 0 Å². The number of alkyl halides is 1. The van der Waals surface area contributed by atoms with Crippen molar-refractivity contribution in [3.63, 3.8) is 0 Å². The summed E-state index contributed by atoms with van der Waals surface area (Å²) in [6.07, 6.45) is 0.557. The predicted molar refractivity (Wildman–Crippen MR) is 59.4 cm³/mol. The topological polar surface area (TPSA) is 46.5 Å². The molecule has 0 fully saturated rings. The molecule has 2 atom stereocenters. The van der Waals surface area contributed by atoms with E-state index in [0.717, 1.165) is 0 Å². The van der Waals surface area contributed by atoms with E-state index in [-0.39, 0.29) is 0 Å². The second-order valence-electron chi connectivity index (χ2n) is 4.07. The van der Waals surface area contributed by atoms with Crippen molar-refractivity contribution < 1.29 is 14.6 Å². The fraction of sp³-hybridized carbons (Fsp3) is 0.900. The lowest BCUT2D eigenvalue weighted by molar-refractivity contribution is -0.147. The van der Waals surface area contributed by atoms with Crippen molar-refractivity contribution in [2.24, 2.45) is 5.92 Å². The largest absolute Gasteiger partial charge is 0.465 e. The van der Waals surface area contributed by atoms with Crippen LogP contribution < -0.4 is 0 Å². The fourth-order valence-electron chi connectivity index (χ4n) is 1.40. The second-order valence-corrected chi connectivity index (χ2v) is 4.99. The summed E-state index contributed by atoms with van der Waals surface area (Å²) >= 11 is 3.17. The third kappa shape index (κ3) is 4.42. The summed E-state index contributed by atoms with van der Waals surface area (Å²) in [4.78, 5) is 10.7. The number of carbonyl (C=O) groups is 1. The van der Waals surface area contributed by atoms with Gasteiger partial charge in [0, 0.05) is 0 Å². The SMILES string of the molecule is CCOC(=O)[C@H](Br)[C@@](C)(O)CC(C)C. The maximum Gasteiger partial charge on any atom is 0.322 e. The van der Waals surface area contributed by atoms with Gasteiger partial charge in [-0.2, -0.15) is 0 Å². The molecule has 0 unspecified atom stereocenters. The third-order valence-electron chi connectivity index (χ3n) is 1.86. The van der Waals surface area contributed by atoms with Gasteiger partial charge in [0.05, 0.1) is 12.2 Å². The lowest BCUT2D eigenvalue weighted by atomic mass is 9.91. The molecule has 0 spiro atoms. The van der Waals surface area contributed by atoms with Crippen LogP contribution in [0.25, 0.3) is 0 Å². The van der Waals surface area contributed by atoms with Gasteiger partial charge in [-0.3, -0.25) is 4.79 Å². The van der Waals surface area contributed by atoms with Crippen molar-refractivity contribution >= 4 is 21.9 Å². The first-order valence-electron chi connectivity index (χ1n) is 4.84. The van der Waals surface area contributed by atoms with Gasteiger partial charge in [0.2, 0.25) is 0 Å². The highest BCUT2D eigenvalue weighted by Gasteiger charge is 2.36. The molecule has 0 aliphatic rings. The van der Waals surface area contributed by atoms with E-state index >= 15 is 0 Å². The van der Waals surface area contributed by atoms with Gasteiger partial charge in [-0.05, 0) is 26.2 Å². The maximum atomic E-state index is 11.3. The molecular weight excluding hydrogens is 248 g/mol. The van der Waals surface area contributed by atoms with Crippen molar-refractivity contribution in [3.05, 3.63) is 0 Å². The zero-order chi connectivity index (χ0) is 11.4. The van der Waals surface area contributed by atoms with E-state index in [2.05, 4.69) is 15.9 Å². The maximum absolute atomic E-state index is 11.3. The van der Waals surface area contributed by atoms with E-state index in [4.69, 9.17) is 4.74 Å². The Kier molecular flexibility index (Phi) is 5.67. The minimum absolute atomic E-state index is 0.332. The summed E-state index contributed by atoms with van der Waals surface area (Å²) in [5.74, 6) is -0.0716. The number of hydrogen-bond donors (Lipinski definition) is 1. The molecular formula is C10H19BrO3. The van der Waals surface area contributed by atoms with Crippen molar-refractivity contribution in [2.45, 2.75) is 44.5 Å². The Balaban J connectivity index is 4.33. The molecule has 0 aromatic heterocycles. The molecule has 0 aromatic carbocycles. The smallest absolute Gasteiger partial charge is 0.322 e. The Labute approximate surface area is 94.0 Å². The van der Waals surface area contributed by atoms with E-state index in [1.807, 2.05) is 13.8 Å². The van der Waals surface area contributed by atoms with Gasteiger partial charge >= 0.3 is 5.97 Å². The number of rotatable bonds is 5. The molecule has 0 saturated heterocycles. The minimum atomic E-state index is -1.06. The molecule has 84 valence electrons. The number of aliphatic hydroxyl groups is 1. The van der Waals surface area contributed by atoms with Crippen LogP contribution >= 0.6 is 15.9 Å². The highest BCUT2D eigenvalue weighted by Crippen LogP contribution is 2.26. The Morgan fingerprint density at radius 1 is 1.57 bits per heavy atom. The van der Waals surface area contributed by atoms with Crippen molar-refractivity contribution in [1.29, 1.82) is 0 Å². The molecule has 0 radical (unpaired) electrons. The summed E-state index contributed by atoms with van der Waals surface area (Å²) < 4.78 is 4.83. The lowest BCUT2D eigenvalue weighted by Crippen LogP contribution is -2.42. The van der Waals surface area contributed by atoms with E-state index in [1.165, 1.54) is 0 Å². The number of ether oxygens (including phenoxy) is 1. The van der Waals surface area contributed by atoms with Crippen molar-refractivity contribution in [2.75, 3.05) is 6.61 Å². The normalized spacial score (nSPS) is 17.6. The van der Waals surface area contributed by atoms with Gasteiger partial charge in [-0.1, -0.05) is 29.8 Å². The van der Waals surface area contributed by atoms with Crippen LogP contribution in [0.1, 0.15) is 34.1 Å². The van der Waals surface area contributed by atoms with Crippen LogP contribution in [0.3, 0.4) is 0 Å². The molecule has 0 rings (SSSR count). The van der Waals surface area contributed by atoms with Crippen LogP contribution in [0.2, 0.25) is 0 Å². The Bertz CT molecular complexity index is 190. The number of hydrogen-bond acceptors (Lipinski definition) is 3. The summed E-state index contributed by atoms with van der Waals surface area (Å²) in [5.41, 5.74) is -1.06. The van der Waals surface area contributed by atoms with Crippen molar-refractivity contribution in [1.82, 2.24) is 0 Å². The quantitative estimate of drug-likeness (QED) is 0.613. The Hall–Kier alpha value is -0.0900. The Morgan fingerprint density at radius 2 is 2.07 bits per heavy atom. The van der Waals surface area contributed by atoms with Crippen LogP contribution in [0.4, 0.5) is 0 Å². The number of halogens is 1. The first kappa shape index (κ1) is 13.9. The molecule has 3 nitrogen and oxygen atoms in total. The number of carbonyl (C=O) groups excluding carboxylic acids is 1. The van der Waals surface area contributed by atoms with Crippen molar-refractivity contribution in [3.8, 4) is 0 Å². The predicted octanol–water partition coefficient (Wildman–Crippen LogP) is 2.11. The van der Waals surface area contributed by atoms with Crippen LogP contribution in [-0.2, 0) is 9.53 Å². The second kappa shape index (κ2) is 5.71. The molecule has 0 aliphatic carbocycles. The minimum Gasteiger partial charge on any atom is -0.465 e. The highest BCUT2D eigenvalue weighted by atomic mass is 79.9. The van der Waals surface area contributed by atoms with Crippen LogP contribution in [-0.4, -0.2) is 28.1 Å². The highest BCUT2D eigenvalue weighted by molar-refractivity contribution is 9.10. The summed E-state index contributed by atoms with van der Waals surface area (Å²) in [6.45, 7) is 7.72. The molecule has 0 saturated carbocycles. The Morgan fingerprint density at radius 3 is 2.43 bits per heavy atom. The van der Waals surface area contributed by atoms with Crippen LogP contribution in [0.5, 0.6) is 0 Å². The first-order valence-corrected chi connectivity index (χ1v) is 5.76. The lowest BCUT2D eigenvalue weighted by Gasteiger charge is -2.28. The van der Waals surface area contributed by atoms with Crippen LogP contribution in [0.15, 0.2) is 0 Å². The molecule has 0 bridgehead atoms. The van der Waals surface area contributed by atoms with E-state index < -0.39 is 16.4 Å². The van der Waals surface area contributed by atoms with Gasteiger partial charge < -0.3 is 9.84 Å². The third-order valence-corrected chi connectivity index (χ3v) is 3.22. The fourth-order valence-corrected chi connectivity index (χ4v) is 1.72. The van der Waals surface area contributed by atoms with E-state index in [9.17, 15) is 9.90 Å². The molecule has 0 heterocycles. The van der Waals surface area contributed by atoms with E-state index in [0.29, 0.717) is 18.9 Å². The molecule has 4 heteroatoms. The summed E-state index contributed by atoms with van der Waals surface area (Å²) in [6, 6.07) is 0. The molecule has 1 N–H and O–H groups in total. The van der Waals surface area contributed by atoms with Gasteiger partial charge in [0.25, 0.3) is 0 Å². The molecule has 14 heavy (non-hydrogen) atoms. The number of esters is 1. The first-order chi connectivity index (χ1) is 6.31. The zero-order valence-corrected chi connectivity index (χ0v) is 10.8.